The number of nitrogens with zero attached hydrogens (tertiary/aromatic N) is 4. The third-order valence-electron chi connectivity index (χ3n) is 5.76. The number of halogens is 1. The van der Waals surface area contributed by atoms with E-state index in [2.05, 4.69) is 10.4 Å². The average molecular weight is 494 g/mol. The van der Waals surface area contributed by atoms with Crippen molar-refractivity contribution in [1.82, 2.24) is 15.1 Å². The Morgan fingerprint density at radius 2 is 2.21 bits per heavy atom. The fourth-order valence-electron chi connectivity index (χ4n) is 4.09. The van der Waals surface area contributed by atoms with E-state index in [4.69, 9.17) is 4.74 Å². The molecule has 1 aromatic heterocycles. The highest BCUT2D eigenvalue weighted by Gasteiger charge is 2.33. The number of hydrogen-bond donors (Lipinski definition) is 2. The third kappa shape index (κ3) is 5.39. The van der Waals surface area contributed by atoms with Gasteiger partial charge in [0, 0.05) is 41.8 Å². The summed E-state index contributed by atoms with van der Waals surface area (Å²) >= 11 is 0. The number of nitrogens with one attached hydrogen (secondary N) is 1. The molecule has 1 aromatic carbocycles. The van der Waals surface area contributed by atoms with Gasteiger partial charge in [0.15, 0.2) is 0 Å². The summed E-state index contributed by atoms with van der Waals surface area (Å²) in [7, 11) is -1.05. The fraction of sp³-hybridized carbons (Fsp3) is 0.500. The van der Waals surface area contributed by atoms with Crippen LogP contribution in [-0.2, 0) is 40.0 Å². The van der Waals surface area contributed by atoms with E-state index in [1.165, 1.54) is 17.9 Å². The van der Waals surface area contributed by atoms with E-state index >= 15 is 4.39 Å². The molecule has 184 valence electrons. The van der Waals surface area contributed by atoms with Gasteiger partial charge in [0.2, 0.25) is 5.91 Å². The van der Waals surface area contributed by atoms with Crippen molar-refractivity contribution >= 4 is 34.2 Å². The number of aliphatic hydroxyl groups excluding tert-OH is 1. The molecule has 1 fully saturated rings. The van der Waals surface area contributed by atoms with Crippen LogP contribution >= 0.6 is 0 Å². The molecule has 4 rings (SSSR count). The van der Waals surface area contributed by atoms with E-state index in [1.807, 2.05) is 18.0 Å². The van der Waals surface area contributed by atoms with Gasteiger partial charge in [-0.15, -0.1) is 0 Å². The summed E-state index contributed by atoms with van der Waals surface area (Å²) in [5, 5.41) is 17.2. The molecule has 3 atom stereocenters. The minimum absolute atomic E-state index is 0.202. The number of cyclic esters (lactones) is 1. The number of benzene rings is 1. The first-order valence-electron chi connectivity index (χ1n) is 11.1. The zero-order chi connectivity index (χ0) is 24.4. The van der Waals surface area contributed by atoms with Crippen LogP contribution in [0.5, 0.6) is 0 Å². The number of hydrogen-bond acceptors (Lipinski definition) is 7. The second-order valence-electron chi connectivity index (χ2n) is 8.42. The molecule has 3 heterocycles. The molecule has 10 nitrogen and oxygen atoms in total. The number of fused-ring (bicyclic) bond motifs is 1. The van der Waals surface area contributed by atoms with Crippen LogP contribution in [0.1, 0.15) is 25.1 Å². The van der Waals surface area contributed by atoms with Gasteiger partial charge in [-0.2, -0.15) is 5.10 Å². The van der Waals surface area contributed by atoms with E-state index in [-0.39, 0.29) is 31.3 Å². The third-order valence-corrected chi connectivity index (χ3v) is 7.16. The van der Waals surface area contributed by atoms with Gasteiger partial charge >= 0.3 is 6.09 Å². The Morgan fingerprint density at radius 1 is 1.41 bits per heavy atom. The quantitative estimate of drug-likeness (QED) is 0.538. The Morgan fingerprint density at radius 3 is 2.88 bits per heavy atom. The number of carbonyl (C=O) groups is 2. The number of amides is 2. The minimum atomic E-state index is -1.05. The number of aromatic nitrogens is 2. The Labute approximate surface area is 199 Å². The lowest BCUT2D eigenvalue weighted by molar-refractivity contribution is -0.119. The van der Waals surface area contributed by atoms with Crippen molar-refractivity contribution in [3.05, 3.63) is 41.5 Å². The predicted molar refractivity (Wildman–Crippen MR) is 124 cm³/mol. The molecule has 0 saturated carbocycles. The highest BCUT2D eigenvalue weighted by atomic mass is 32.2. The Hall–Kier alpha value is -2.99. The number of anilines is 2. The molecular formula is C22H28FN5O5S. The first-order chi connectivity index (χ1) is 16.2. The van der Waals surface area contributed by atoms with Gasteiger partial charge < -0.3 is 20.1 Å². The van der Waals surface area contributed by atoms with Gasteiger partial charge in [0.25, 0.3) is 0 Å². The molecule has 12 heteroatoms. The van der Waals surface area contributed by atoms with Crippen LogP contribution in [0.3, 0.4) is 0 Å². The molecule has 2 aliphatic rings. The van der Waals surface area contributed by atoms with Crippen molar-refractivity contribution in [3.8, 4) is 0 Å². The molecule has 1 saturated heterocycles. The molecule has 0 bridgehead atoms. The summed E-state index contributed by atoms with van der Waals surface area (Å²) in [5.74, 6) is 0.0320. The number of carbonyl (C=O) groups excluding carboxylic acids is 2. The van der Waals surface area contributed by atoms with Crippen LogP contribution < -0.4 is 15.1 Å². The van der Waals surface area contributed by atoms with Gasteiger partial charge in [-0.1, -0.05) is 6.92 Å². The lowest BCUT2D eigenvalue weighted by atomic mass is 10.2. The summed E-state index contributed by atoms with van der Waals surface area (Å²) in [6.45, 7) is 4.76. The molecule has 2 aliphatic heterocycles. The molecule has 2 amide bonds. The lowest BCUT2D eigenvalue weighted by Gasteiger charge is -2.21. The van der Waals surface area contributed by atoms with Crippen molar-refractivity contribution < 1.29 is 28.0 Å². The van der Waals surface area contributed by atoms with Crippen molar-refractivity contribution in [3.63, 3.8) is 0 Å². The van der Waals surface area contributed by atoms with Crippen molar-refractivity contribution in [2.75, 3.05) is 34.4 Å². The maximum atomic E-state index is 15.0. The highest BCUT2D eigenvalue weighted by Crippen LogP contribution is 2.32. The van der Waals surface area contributed by atoms with Crippen LogP contribution in [-0.4, -0.2) is 67.9 Å². The maximum absolute atomic E-state index is 15.0. The molecule has 1 unspecified atom stereocenters. The first kappa shape index (κ1) is 24.1. The first-order valence-corrected chi connectivity index (χ1v) is 12.6. The number of rotatable bonds is 9. The van der Waals surface area contributed by atoms with Gasteiger partial charge in [0.1, 0.15) is 11.9 Å². The largest absolute Gasteiger partial charge is 0.442 e. The van der Waals surface area contributed by atoms with E-state index < -0.39 is 34.9 Å². The summed E-state index contributed by atoms with van der Waals surface area (Å²) < 4.78 is 33.5. The normalized spacial score (nSPS) is 19.2. The average Bonchev–Trinajstić information content (AvgIpc) is 3.44. The highest BCUT2D eigenvalue weighted by molar-refractivity contribution is 7.84. The van der Waals surface area contributed by atoms with Crippen molar-refractivity contribution in [2.45, 2.75) is 45.7 Å². The molecule has 34 heavy (non-hydrogen) atoms. The van der Waals surface area contributed by atoms with Gasteiger partial charge in [0.05, 0.1) is 55.1 Å². The molecule has 0 radical (unpaired) electrons. The molecule has 2 aromatic rings. The summed E-state index contributed by atoms with van der Waals surface area (Å²) in [4.78, 5) is 26.5. The SMILES string of the molecule is CCS(=O)C[C@@H](O)Cn1cc2c(n1)CN(c1ccc(N3C[C@H](CNC(C)=O)OC3=O)cc1F)C2. The Bertz CT molecular complexity index is 1090. The maximum Gasteiger partial charge on any atom is 0.414 e. The second-order valence-corrected chi connectivity index (χ2v) is 10.2. The second kappa shape index (κ2) is 10.1. The monoisotopic (exact) mass is 493 g/mol. The van der Waals surface area contributed by atoms with Crippen LogP contribution in [0.2, 0.25) is 0 Å². The number of aliphatic hydroxyl groups is 1. The van der Waals surface area contributed by atoms with Gasteiger partial charge in [-0.05, 0) is 18.2 Å². The van der Waals surface area contributed by atoms with E-state index in [0.29, 0.717) is 30.2 Å². The van der Waals surface area contributed by atoms with Crippen molar-refractivity contribution in [2.24, 2.45) is 0 Å². The van der Waals surface area contributed by atoms with Crippen LogP contribution in [0, 0.1) is 5.82 Å². The molecule has 2 N–H and O–H groups in total. The minimum Gasteiger partial charge on any atom is -0.442 e. The zero-order valence-corrected chi connectivity index (χ0v) is 19.9. The lowest BCUT2D eigenvalue weighted by Crippen LogP contribution is -2.33. The molecule has 0 spiro atoms. The predicted octanol–water partition coefficient (Wildman–Crippen LogP) is 1.13. The fourth-order valence-corrected chi connectivity index (χ4v) is 4.86. The summed E-state index contributed by atoms with van der Waals surface area (Å²) in [6.07, 6.45) is 0.0140. The Balaban J connectivity index is 1.38. The van der Waals surface area contributed by atoms with Crippen molar-refractivity contribution in [1.29, 1.82) is 0 Å². The van der Waals surface area contributed by atoms with Crippen LogP contribution in [0.15, 0.2) is 24.4 Å². The Kier molecular flexibility index (Phi) is 7.17. The zero-order valence-electron chi connectivity index (χ0n) is 19.1. The van der Waals surface area contributed by atoms with E-state index in [1.54, 1.807) is 16.8 Å². The molecule has 0 aliphatic carbocycles. The van der Waals surface area contributed by atoms with E-state index in [9.17, 15) is 18.9 Å². The molecular weight excluding hydrogens is 465 g/mol. The summed E-state index contributed by atoms with van der Waals surface area (Å²) in [6, 6.07) is 4.60. The standard InChI is InChI=1S/C22H28FN5O5S/c1-3-34(32)13-17(30)10-27-9-15-8-26(12-20(15)25-27)21-5-4-16(6-19(21)23)28-11-18(33-22(28)31)7-24-14(2)29/h4-6,9,17-18,30H,3,7-8,10-13H2,1-2H3,(H,24,29)/t17-,18-,34?/m0/s1. The van der Waals surface area contributed by atoms with Crippen LogP contribution in [0.4, 0.5) is 20.6 Å². The number of ether oxygens (including phenoxy) is 1. The van der Waals surface area contributed by atoms with Crippen LogP contribution in [0.25, 0.3) is 0 Å². The van der Waals surface area contributed by atoms with Gasteiger partial charge in [-0.25, -0.2) is 9.18 Å². The topological polar surface area (TPSA) is 117 Å². The van der Waals surface area contributed by atoms with E-state index in [0.717, 1.165) is 11.3 Å². The summed E-state index contributed by atoms with van der Waals surface area (Å²) in [5.41, 5.74) is 2.53. The van der Waals surface area contributed by atoms with Gasteiger partial charge in [-0.3, -0.25) is 18.6 Å². The smallest absolute Gasteiger partial charge is 0.414 e.